The Morgan fingerprint density at radius 3 is 2.06 bits per heavy atom. The summed E-state index contributed by atoms with van der Waals surface area (Å²) in [6.45, 7) is 3.37. The van der Waals surface area contributed by atoms with Gasteiger partial charge < -0.3 is 11.1 Å². The maximum atomic E-state index is 6.76. The molecule has 3 N–H and O–H groups in total. The molecule has 0 aromatic heterocycles. The van der Waals surface area contributed by atoms with E-state index in [1.807, 2.05) is 0 Å². The highest BCUT2D eigenvalue weighted by Gasteiger charge is 2.53. The molecule has 0 radical (unpaired) electrons. The van der Waals surface area contributed by atoms with E-state index in [9.17, 15) is 0 Å². The smallest absolute Gasteiger partial charge is 0.0286 e. The van der Waals surface area contributed by atoms with Crippen molar-refractivity contribution in [3.8, 4) is 0 Å². The SMILES string of the molecule is CC(N)(CNC1CC1)C1C2CC3CC(C2)CC1C3. The van der Waals surface area contributed by atoms with Crippen LogP contribution >= 0.6 is 0 Å². The van der Waals surface area contributed by atoms with Crippen molar-refractivity contribution in [3.05, 3.63) is 0 Å². The van der Waals surface area contributed by atoms with Gasteiger partial charge in [-0.2, -0.15) is 0 Å². The van der Waals surface area contributed by atoms with Crippen LogP contribution in [0.25, 0.3) is 0 Å². The van der Waals surface area contributed by atoms with Crippen LogP contribution in [0.4, 0.5) is 0 Å². The average Bonchev–Trinajstić information content (AvgIpc) is 3.08. The minimum Gasteiger partial charge on any atom is -0.324 e. The lowest BCUT2D eigenvalue weighted by Gasteiger charge is -2.58. The zero-order valence-corrected chi connectivity index (χ0v) is 11.7. The fraction of sp³-hybridized carbons (Fsp3) is 1.00. The average molecular weight is 248 g/mol. The first kappa shape index (κ1) is 11.7. The molecule has 0 heterocycles. The van der Waals surface area contributed by atoms with Crippen molar-refractivity contribution in [2.45, 2.75) is 63.5 Å². The Hall–Kier alpha value is -0.0800. The lowest BCUT2D eigenvalue weighted by Crippen LogP contribution is -2.61. The van der Waals surface area contributed by atoms with Gasteiger partial charge in [0.05, 0.1) is 0 Å². The summed E-state index contributed by atoms with van der Waals surface area (Å²) >= 11 is 0. The normalized spacial score (nSPS) is 49.3. The summed E-state index contributed by atoms with van der Waals surface area (Å²) in [5, 5.41) is 3.68. The minimum atomic E-state index is 0.0329. The van der Waals surface area contributed by atoms with Crippen LogP contribution < -0.4 is 11.1 Å². The largest absolute Gasteiger partial charge is 0.324 e. The van der Waals surface area contributed by atoms with Crippen molar-refractivity contribution in [1.82, 2.24) is 5.32 Å². The van der Waals surface area contributed by atoms with Crippen LogP contribution in [0.15, 0.2) is 0 Å². The molecule has 0 amide bonds. The Morgan fingerprint density at radius 2 is 1.56 bits per heavy atom. The quantitative estimate of drug-likeness (QED) is 0.802. The molecule has 5 fully saturated rings. The van der Waals surface area contributed by atoms with Crippen LogP contribution in [0.5, 0.6) is 0 Å². The van der Waals surface area contributed by atoms with Gasteiger partial charge in [0.25, 0.3) is 0 Å². The van der Waals surface area contributed by atoms with Crippen molar-refractivity contribution in [1.29, 1.82) is 0 Å². The Bertz CT molecular complexity index is 304. The van der Waals surface area contributed by atoms with E-state index < -0.39 is 0 Å². The standard InChI is InChI=1S/C16H28N2/c1-16(17,9-18-14-2-3-14)15-12-5-10-4-11(7-12)8-13(15)6-10/h10-15,18H,2-9,17H2,1H3. The summed E-state index contributed by atoms with van der Waals surface area (Å²) in [4.78, 5) is 0. The van der Waals surface area contributed by atoms with Gasteiger partial charge in [0, 0.05) is 18.1 Å². The van der Waals surface area contributed by atoms with E-state index in [4.69, 9.17) is 5.73 Å². The summed E-state index contributed by atoms with van der Waals surface area (Å²) in [6.07, 6.45) is 10.3. The lowest BCUT2D eigenvalue weighted by atomic mass is 9.48. The van der Waals surface area contributed by atoms with E-state index in [0.29, 0.717) is 0 Å². The van der Waals surface area contributed by atoms with Crippen molar-refractivity contribution in [2.24, 2.45) is 35.3 Å². The highest BCUT2D eigenvalue weighted by molar-refractivity contribution is 5.06. The van der Waals surface area contributed by atoms with Crippen LogP contribution in [0.1, 0.15) is 51.9 Å². The molecule has 5 aliphatic carbocycles. The van der Waals surface area contributed by atoms with Gasteiger partial charge in [0.2, 0.25) is 0 Å². The van der Waals surface area contributed by atoms with Gasteiger partial charge in [-0.05, 0) is 81.5 Å². The molecule has 1 atom stereocenters. The monoisotopic (exact) mass is 248 g/mol. The number of hydrogen-bond acceptors (Lipinski definition) is 2. The Kier molecular flexibility index (Phi) is 2.58. The second-order valence-corrected chi connectivity index (χ2v) is 8.12. The summed E-state index contributed by atoms with van der Waals surface area (Å²) < 4.78 is 0. The van der Waals surface area contributed by atoms with E-state index in [2.05, 4.69) is 12.2 Å². The molecular formula is C16H28N2. The van der Waals surface area contributed by atoms with Gasteiger partial charge in [-0.1, -0.05) is 0 Å². The highest BCUT2D eigenvalue weighted by atomic mass is 15.0. The predicted molar refractivity (Wildman–Crippen MR) is 74.2 cm³/mol. The fourth-order valence-corrected chi connectivity index (χ4v) is 5.77. The molecule has 0 aromatic carbocycles. The van der Waals surface area contributed by atoms with Crippen LogP contribution in [-0.2, 0) is 0 Å². The molecule has 0 aliphatic heterocycles. The molecule has 18 heavy (non-hydrogen) atoms. The van der Waals surface area contributed by atoms with Crippen LogP contribution in [0.2, 0.25) is 0 Å². The first-order valence-electron chi connectivity index (χ1n) is 8.14. The Labute approximate surface area is 111 Å². The minimum absolute atomic E-state index is 0.0329. The summed E-state index contributed by atoms with van der Waals surface area (Å²) in [5.41, 5.74) is 6.79. The Balaban J connectivity index is 1.49. The van der Waals surface area contributed by atoms with E-state index in [0.717, 1.165) is 42.2 Å². The van der Waals surface area contributed by atoms with Gasteiger partial charge in [0.1, 0.15) is 0 Å². The zero-order chi connectivity index (χ0) is 12.3. The van der Waals surface area contributed by atoms with E-state index >= 15 is 0 Å². The summed E-state index contributed by atoms with van der Waals surface area (Å²) in [5.74, 6) is 4.85. The molecule has 5 aliphatic rings. The molecule has 1 unspecified atom stereocenters. The van der Waals surface area contributed by atoms with Crippen molar-refractivity contribution in [3.63, 3.8) is 0 Å². The summed E-state index contributed by atoms with van der Waals surface area (Å²) in [7, 11) is 0. The van der Waals surface area contributed by atoms with Crippen molar-refractivity contribution >= 4 is 0 Å². The van der Waals surface area contributed by atoms with Gasteiger partial charge in [-0.3, -0.25) is 0 Å². The van der Waals surface area contributed by atoms with Gasteiger partial charge >= 0.3 is 0 Å². The zero-order valence-electron chi connectivity index (χ0n) is 11.7. The molecule has 0 spiro atoms. The van der Waals surface area contributed by atoms with E-state index in [1.54, 1.807) is 6.42 Å². The highest BCUT2D eigenvalue weighted by Crippen LogP contribution is 2.58. The molecule has 0 aromatic rings. The third kappa shape index (κ3) is 1.92. The molecule has 102 valence electrons. The number of rotatable bonds is 4. The molecule has 5 rings (SSSR count). The molecule has 0 saturated heterocycles. The third-order valence-electron chi connectivity index (χ3n) is 6.34. The third-order valence-corrected chi connectivity index (χ3v) is 6.34. The topological polar surface area (TPSA) is 38.0 Å². The van der Waals surface area contributed by atoms with Gasteiger partial charge in [-0.15, -0.1) is 0 Å². The van der Waals surface area contributed by atoms with E-state index in [1.165, 1.54) is 38.5 Å². The van der Waals surface area contributed by atoms with Crippen LogP contribution in [-0.4, -0.2) is 18.1 Å². The first-order valence-corrected chi connectivity index (χ1v) is 8.14. The Morgan fingerprint density at radius 1 is 1.00 bits per heavy atom. The first-order chi connectivity index (χ1) is 8.62. The van der Waals surface area contributed by atoms with Crippen molar-refractivity contribution in [2.75, 3.05) is 6.54 Å². The van der Waals surface area contributed by atoms with E-state index in [-0.39, 0.29) is 5.54 Å². The lowest BCUT2D eigenvalue weighted by molar-refractivity contribution is -0.0657. The maximum Gasteiger partial charge on any atom is 0.0286 e. The number of nitrogens with two attached hydrogens (primary N) is 1. The molecular weight excluding hydrogens is 220 g/mol. The second kappa shape index (κ2) is 3.96. The van der Waals surface area contributed by atoms with Gasteiger partial charge in [0.15, 0.2) is 0 Å². The predicted octanol–water partition coefficient (Wildman–Crippen LogP) is 2.53. The second-order valence-electron chi connectivity index (χ2n) is 8.12. The number of nitrogens with one attached hydrogen (secondary N) is 1. The number of hydrogen-bond donors (Lipinski definition) is 2. The van der Waals surface area contributed by atoms with Crippen LogP contribution in [0.3, 0.4) is 0 Å². The molecule has 5 saturated carbocycles. The van der Waals surface area contributed by atoms with Gasteiger partial charge in [-0.25, -0.2) is 0 Å². The maximum absolute atomic E-state index is 6.76. The molecule has 4 bridgehead atoms. The van der Waals surface area contributed by atoms with Crippen LogP contribution in [0, 0.1) is 29.6 Å². The molecule has 2 nitrogen and oxygen atoms in total. The summed E-state index contributed by atoms with van der Waals surface area (Å²) in [6, 6.07) is 0.796. The van der Waals surface area contributed by atoms with Crippen molar-refractivity contribution < 1.29 is 0 Å². The fourth-order valence-electron chi connectivity index (χ4n) is 5.77. The molecule has 2 heteroatoms.